The van der Waals surface area contributed by atoms with Crippen LogP contribution in [0.5, 0.6) is 0 Å². The molecule has 0 saturated heterocycles. The Morgan fingerprint density at radius 3 is 3.21 bits per heavy atom. The van der Waals surface area contributed by atoms with Gasteiger partial charge in [-0.05, 0) is 30.7 Å². The maximum atomic E-state index is 10.5. The average Bonchev–Trinajstić information content (AvgIpc) is 2.62. The largest absolute Gasteiger partial charge is 0.350 e. The monoisotopic (exact) mass is 209 g/mol. The van der Waals surface area contributed by atoms with Crippen molar-refractivity contribution in [3.8, 4) is 0 Å². The highest BCUT2D eigenvalue weighted by Crippen LogP contribution is 2.26. The molecule has 0 saturated carbocycles. The molecule has 1 aliphatic carbocycles. The first kappa shape index (κ1) is 9.21. The number of aryl methyl sites for hydroxylation is 1. The predicted molar refractivity (Wildman–Crippen MR) is 56.5 cm³/mol. The maximum Gasteiger partial charge on any atom is 0.332 e. The van der Waals surface area contributed by atoms with Crippen LogP contribution in [0.15, 0.2) is 16.5 Å². The van der Waals surface area contributed by atoms with E-state index in [-0.39, 0.29) is 0 Å². The third-order valence-electron chi connectivity index (χ3n) is 2.17. The number of amides is 2. The number of urea groups is 1. The molecule has 0 bridgehead atoms. The van der Waals surface area contributed by atoms with Gasteiger partial charge in [-0.1, -0.05) is 0 Å². The zero-order valence-corrected chi connectivity index (χ0v) is 8.43. The molecule has 1 aromatic rings. The summed E-state index contributed by atoms with van der Waals surface area (Å²) in [5, 5.41) is 6.05. The second kappa shape index (κ2) is 3.79. The van der Waals surface area contributed by atoms with Crippen molar-refractivity contribution in [2.75, 3.05) is 0 Å². The van der Waals surface area contributed by atoms with E-state index in [1.165, 1.54) is 4.88 Å². The van der Waals surface area contributed by atoms with Crippen LogP contribution < -0.4 is 11.2 Å². The van der Waals surface area contributed by atoms with E-state index in [1.807, 2.05) is 6.07 Å². The van der Waals surface area contributed by atoms with Crippen LogP contribution in [0.1, 0.15) is 23.3 Å². The molecule has 0 fully saturated rings. The van der Waals surface area contributed by atoms with Gasteiger partial charge in [0.15, 0.2) is 0 Å². The quantitative estimate of drug-likeness (QED) is 0.675. The number of hydrogen-bond donors (Lipinski definition) is 2. The van der Waals surface area contributed by atoms with Crippen LogP contribution in [0.25, 0.3) is 0 Å². The van der Waals surface area contributed by atoms with E-state index in [9.17, 15) is 4.79 Å². The van der Waals surface area contributed by atoms with Crippen molar-refractivity contribution in [1.29, 1.82) is 0 Å². The maximum absolute atomic E-state index is 10.5. The molecule has 0 unspecified atom stereocenters. The second-order valence-electron chi connectivity index (χ2n) is 3.15. The predicted octanol–water partition coefficient (Wildman–Crippen LogP) is 1.46. The normalized spacial score (nSPS) is 17.9. The van der Waals surface area contributed by atoms with E-state index in [0.29, 0.717) is 0 Å². The number of hydrazone groups is 1. The summed E-state index contributed by atoms with van der Waals surface area (Å²) < 4.78 is 0. The number of primary amides is 1. The molecule has 1 aromatic heterocycles. The molecule has 5 heteroatoms. The lowest BCUT2D eigenvalue weighted by molar-refractivity contribution is 0.249. The number of nitrogens with two attached hydrogens (primary N) is 1. The molecular weight excluding hydrogens is 198 g/mol. The van der Waals surface area contributed by atoms with E-state index >= 15 is 0 Å². The number of nitrogens with one attached hydrogen (secondary N) is 1. The van der Waals surface area contributed by atoms with Gasteiger partial charge in [0, 0.05) is 10.4 Å². The van der Waals surface area contributed by atoms with Gasteiger partial charge in [-0.15, -0.1) is 11.3 Å². The van der Waals surface area contributed by atoms with Crippen LogP contribution >= 0.6 is 11.3 Å². The molecule has 14 heavy (non-hydrogen) atoms. The number of thiophene rings is 1. The lowest BCUT2D eigenvalue weighted by atomic mass is 9.97. The third-order valence-corrected chi connectivity index (χ3v) is 3.16. The minimum Gasteiger partial charge on any atom is -0.350 e. The van der Waals surface area contributed by atoms with Crippen LogP contribution in [0.2, 0.25) is 0 Å². The fourth-order valence-corrected chi connectivity index (χ4v) is 2.52. The van der Waals surface area contributed by atoms with Gasteiger partial charge in [-0.3, -0.25) is 0 Å². The lowest BCUT2D eigenvalue weighted by Gasteiger charge is -2.12. The van der Waals surface area contributed by atoms with Crippen molar-refractivity contribution in [2.24, 2.45) is 10.8 Å². The van der Waals surface area contributed by atoms with Gasteiger partial charge in [0.05, 0.1) is 5.71 Å². The molecule has 0 spiro atoms. The zero-order valence-electron chi connectivity index (χ0n) is 7.62. The summed E-state index contributed by atoms with van der Waals surface area (Å²) >= 11 is 1.74. The smallest absolute Gasteiger partial charge is 0.332 e. The van der Waals surface area contributed by atoms with Crippen molar-refractivity contribution >= 4 is 23.1 Å². The SMILES string of the molecule is NC(=O)N/N=C1/CCCc2sccc21. The lowest BCUT2D eigenvalue weighted by Crippen LogP contribution is -2.26. The number of hydrogen-bond acceptors (Lipinski definition) is 3. The number of carbonyl (C=O) groups excluding carboxylic acids is 1. The molecule has 0 aliphatic heterocycles. The minimum absolute atomic E-state index is 0.611. The van der Waals surface area contributed by atoms with Crippen molar-refractivity contribution in [2.45, 2.75) is 19.3 Å². The number of rotatable bonds is 1. The van der Waals surface area contributed by atoms with Crippen molar-refractivity contribution in [3.63, 3.8) is 0 Å². The van der Waals surface area contributed by atoms with Gasteiger partial charge in [0.25, 0.3) is 0 Å². The van der Waals surface area contributed by atoms with Gasteiger partial charge < -0.3 is 5.73 Å². The molecule has 3 N–H and O–H groups in total. The molecule has 74 valence electrons. The van der Waals surface area contributed by atoms with Crippen molar-refractivity contribution in [1.82, 2.24) is 5.43 Å². The summed E-state index contributed by atoms with van der Waals surface area (Å²) in [6, 6.07) is 1.43. The first-order chi connectivity index (χ1) is 6.77. The molecule has 0 atom stereocenters. The molecule has 0 radical (unpaired) electrons. The summed E-state index contributed by atoms with van der Waals surface area (Å²) in [4.78, 5) is 11.8. The van der Waals surface area contributed by atoms with Crippen LogP contribution in [0.4, 0.5) is 4.79 Å². The van der Waals surface area contributed by atoms with Gasteiger partial charge >= 0.3 is 6.03 Å². The highest BCUT2D eigenvalue weighted by Gasteiger charge is 2.16. The number of nitrogens with zero attached hydrogens (tertiary/aromatic N) is 1. The Morgan fingerprint density at radius 2 is 2.43 bits per heavy atom. The Bertz CT molecular complexity index is 383. The standard InChI is InChI=1S/C9H11N3OS/c10-9(13)12-11-7-2-1-3-8-6(7)4-5-14-8/h4-5H,1-3H2,(H3,10,12,13)/b11-7-. The van der Waals surface area contributed by atoms with E-state index in [0.717, 1.165) is 30.5 Å². The molecule has 4 nitrogen and oxygen atoms in total. The summed E-state index contributed by atoms with van der Waals surface area (Å²) in [6.07, 6.45) is 3.11. The summed E-state index contributed by atoms with van der Waals surface area (Å²) in [7, 11) is 0. The van der Waals surface area contributed by atoms with Gasteiger partial charge in [0.2, 0.25) is 0 Å². The highest BCUT2D eigenvalue weighted by atomic mass is 32.1. The van der Waals surface area contributed by atoms with Gasteiger partial charge in [0.1, 0.15) is 0 Å². The fraction of sp³-hybridized carbons (Fsp3) is 0.333. The van der Waals surface area contributed by atoms with E-state index in [1.54, 1.807) is 11.3 Å². The Hall–Kier alpha value is -1.36. The van der Waals surface area contributed by atoms with Crippen LogP contribution in [0.3, 0.4) is 0 Å². The molecule has 2 rings (SSSR count). The number of carbonyl (C=O) groups is 1. The minimum atomic E-state index is -0.611. The molecule has 1 heterocycles. The van der Waals surface area contributed by atoms with Crippen LogP contribution in [-0.2, 0) is 6.42 Å². The zero-order chi connectivity index (χ0) is 9.97. The molecule has 1 aliphatic rings. The van der Waals surface area contributed by atoms with Crippen LogP contribution in [-0.4, -0.2) is 11.7 Å². The molecule has 0 aromatic carbocycles. The van der Waals surface area contributed by atoms with Crippen molar-refractivity contribution < 1.29 is 4.79 Å². The summed E-state index contributed by atoms with van der Waals surface area (Å²) in [5.41, 5.74) is 9.33. The van der Waals surface area contributed by atoms with E-state index in [4.69, 9.17) is 5.73 Å². The van der Waals surface area contributed by atoms with Crippen molar-refractivity contribution in [3.05, 3.63) is 21.9 Å². The Kier molecular flexibility index (Phi) is 2.49. The summed E-state index contributed by atoms with van der Waals surface area (Å²) in [5.74, 6) is 0. The molecular formula is C9H11N3OS. The second-order valence-corrected chi connectivity index (χ2v) is 4.15. The number of fused-ring (bicyclic) bond motifs is 1. The van der Waals surface area contributed by atoms with E-state index in [2.05, 4.69) is 15.9 Å². The first-order valence-corrected chi connectivity index (χ1v) is 5.34. The van der Waals surface area contributed by atoms with Gasteiger partial charge in [-0.25, -0.2) is 10.2 Å². The first-order valence-electron chi connectivity index (χ1n) is 4.46. The fourth-order valence-electron chi connectivity index (χ4n) is 1.58. The Balaban J connectivity index is 2.23. The topological polar surface area (TPSA) is 67.5 Å². The molecule has 2 amide bonds. The third kappa shape index (κ3) is 1.77. The Morgan fingerprint density at radius 1 is 1.57 bits per heavy atom. The van der Waals surface area contributed by atoms with Crippen LogP contribution in [0, 0.1) is 0 Å². The highest BCUT2D eigenvalue weighted by molar-refractivity contribution is 7.10. The Labute approximate surface area is 85.8 Å². The average molecular weight is 209 g/mol. The van der Waals surface area contributed by atoms with E-state index < -0.39 is 6.03 Å². The summed E-state index contributed by atoms with van der Waals surface area (Å²) in [6.45, 7) is 0. The van der Waals surface area contributed by atoms with Gasteiger partial charge in [-0.2, -0.15) is 5.10 Å².